The average molecular weight is 400 g/mol. The highest BCUT2D eigenvalue weighted by Gasteiger charge is 2.16. The van der Waals surface area contributed by atoms with Gasteiger partial charge in [-0.05, 0) is 67.3 Å². The van der Waals surface area contributed by atoms with E-state index in [1.54, 1.807) is 41.9 Å². The van der Waals surface area contributed by atoms with Crippen molar-refractivity contribution in [3.63, 3.8) is 0 Å². The number of ketones is 1. The highest BCUT2D eigenvalue weighted by Crippen LogP contribution is 2.20. The molecule has 0 saturated carbocycles. The second-order valence-electron chi connectivity index (χ2n) is 6.82. The lowest BCUT2D eigenvalue weighted by Gasteiger charge is -2.24. The fraction of sp³-hybridized carbons (Fsp3) is 0.318. The molecular weight excluding hydrogens is 374 g/mol. The van der Waals surface area contributed by atoms with Crippen LogP contribution in [0.15, 0.2) is 58.5 Å². The molecule has 2 aromatic heterocycles. The number of furan rings is 1. The summed E-state index contributed by atoms with van der Waals surface area (Å²) >= 11 is 1.72. The molecule has 0 bridgehead atoms. The predicted octanol–water partition coefficient (Wildman–Crippen LogP) is 4.29. The van der Waals surface area contributed by atoms with Crippen molar-refractivity contribution in [2.75, 3.05) is 13.2 Å². The minimum Gasteiger partial charge on any atom is -0.491 e. The van der Waals surface area contributed by atoms with Crippen LogP contribution in [-0.4, -0.2) is 35.0 Å². The Kier molecular flexibility index (Phi) is 7.03. The minimum absolute atomic E-state index is 0.0176. The quantitative estimate of drug-likeness (QED) is 0.515. The van der Waals surface area contributed by atoms with E-state index in [0.717, 1.165) is 12.3 Å². The van der Waals surface area contributed by atoms with Gasteiger partial charge in [-0.3, -0.25) is 9.69 Å². The van der Waals surface area contributed by atoms with Crippen LogP contribution in [0.4, 0.5) is 0 Å². The van der Waals surface area contributed by atoms with Crippen LogP contribution in [0.2, 0.25) is 0 Å². The van der Waals surface area contributed by atoms with E-state index in [1.807, 2.05) is 12.1 Å². The molecule has 5 nitrogen and oxygen atoms in total. The highest BCUT2D eigenvalue weighted by molar-refractivity contribution is 7.10. The molecule has 6 heteroatoms. The number of nitrogens with zero attached hydrogens (tertiary/aromatic N) is 1. The molecule has 0 aliphatic rings. The standard InChI is InChI=1S/C22H25NO4S/c1-16-9-11-28-22(16)14-23(13-21-4-3-10-26-21)12-19(25)15-27-20-7-5-18(6-8-20)17(2)24/h3-11,19,25H,12-15H2,1-2H3. The number of benzene rings is 1. The smallest absolute Gasteiger partial charge is 0.159 e. The second kappa shape index (κ2) is 9.68. The van der Waals surface area contributed by atoms with Crippen LogP contribution in [0.25, 0.3) is 0 Å². The summed E-state index contributed by atoms with van der Waals surface area (Å²) in [6.45, 7) is 5.63. The molecule has 0 radical (unpaired) electrons. The zero-order chi connectivity index (χ0) is 19.9. The maximum Gasteiger partial charge on any atom is 0.159 e. The van der Waals surface area contributed by atoms with Gasteiger partial charge in [0.05, 0.1) is 12.8 Å². The Morgan fingerprint density at radius 2 is 2.00 bits per heavy atom. The molecule has 0 saturated heterocycles. The first-order chi connectivity index (χ1) is 13.5. The lowest BCUT2D eigenvalue weighted by atomic mass is 10.1. The SMILES string of the molecule is CC(=O)c1ccc(OCC(O)CN(Cc2ccco2)Cc2sccc2C)cc1. The summed E-state index contributed by atoms with van der Waals surface area (Å²) in [4.78, 5) is 14.8. The molecule has 0 fully saturated rings. The van der Waals surface area contributed by atoms with Gasteiger partial charge in [0.2, 0.25) is 0 Å². The number of thiophene rings is 1. The lowest BCUT2D eigenvalue weighted by molar-refractivity contribution is 0.0607. The van der Waals surface area contributed by atoms with Crippen molar-refractivity contribution in [3.8, 4) is 5.75 Å². The van der Waals surface area contributed by atoms with Gasteiger partial charge in [-0.15, -0.1) is 11.3 Å². The largest absolute Gasteiger partial charge is 0.491 e. The molecule has 148 valence electrons. The van der Waals surface area contributed by atoms with Gasteiger partial charge in [0.25, 0.3) is 0 Å². The van der Waals surface area contributed by atoms with Crippen LogP contribution in [0.1, 0.15) is 33.5 Å². The Morgan fingerprint density at radius 1 is 1.21 bits per heavy atom. The van der Waals surface area contributed by atoms with E-state index >= 15 is 0 Å². The Balaban J connectivity index is 1.57. The number of Topliss-reactive ketones (excluding diaryl/α,β-unsaturated/α-hetero) is 1. The van der Waals surface area contributed by atoms with E-state index < -0.39 is 6.10 Å². The van der Waals surface area contributed by atoms with Gasteiger partial charge in [0.15, 0.2) is 5.78 Å². The third-order valence-corrected chi connectivity index (χ3v) is 5.47. The van der Waals surface area contributed by atoms with Crippen LogP contribution in [0.5, 0.6) is 5.75 Å². The van der Waals surface area contributed by atoms with Gasteiger partial charge >= 0.3 is 0 Å². The molecule has 1 atom stereocenters. The van der Waals surface area contributed by atoms with Crippen LogP contribution in [0.3, 0.4) is 0 Å². The van der Waals surface area contributed by atoms with Crippen molar-refractivity contribution in [2.24, 2.45) is 0 Å². The monoisotopic (exact) mass is 399 g/mol. The van der Waals surface area contributed by atoms with E-state index in [2.05, 4.69) is 23.3 Å². The van der Waals surface area contributed by atoms with Crippen LogP contribution in [0, 0.1) is 6.92 Å². The Bertz CT molecular complexity index is 870. The molecule has 0 aliphatic carbocycles. The summed E-state index contributed by atoms with van der Waals surface area (Å²) in [5.74, 6) is 1.52. The zero-order valence-electron chi connectivity index (χ0n) is 16.1. The van der Waals surface area contributed by atoms with Crippen molar-refractivity contribution in [1.82, 2.24) is 4.90 Å². The van der Waals surface area contributed by atoms with E-state index in [0.29, 0.717) is 24.4 Å². The van der Waals surface area contributed by atoms with Crippen LogP contribution >= 0.6 is 11.3 Å². The number of rotatable bonds is 10. The van der Waals surface area contributed by atoms with E-state index in [4.69, 9.17) is 9.15 Å². The van der Waals surface area contributed by atoms with Gasteiger partial charge in [0, 0.05) is 23.5 Å². The molecule has 28 heavy (non-hydrogen) atoms. The molecule has 2 heterocycles. The lowest BCUT2D eigenvalue weighted by Crippen LogP contribution is -2.35. The topological polar surface area (TPSA) is 62.9 Å². The molecule has 1 N–H and O–H groups in total. The zero-order valence-corrected chi connectivity index (χ0v) is 16.9. The van der Waals surface area contributed by atoms with Gasteiger partial charge in [-0.2, -0.15) is 0 Å². The predicted molar refractivity (Wildman–Crippen MR) is 110 cm³/mol. The second-order valence-corrected chi connectivity index (χ2v) is 7.82. The normalized spacial score (nSPS) is 12.3. The van der Waals surface area contributed by atoms with Crippen molar-refractivity contribution < 1.29 is 19.1 Å². The summed E-state index contributed by atoms with van der Waals surface area (Å²) in [6.07, 6.45) is 1.01. The number of hydrogen-bond donors (Lipinski definition) is 1. The summed E-state index contributed by atoms with van der Waals surface area (Å²) < 4.78 is 11.2. The first-order valence-electron chi connectivity index (χ1n) is 9.21. The number of carbonyl (C=O) groups excluding carboxylic acids is 1. The maximum absolute atomic E-state index is 11.3. The van der Waals surface area contributed by atoms with Crippen molar-refractivity contribution in [3.05, 3.63) is 75.9 Å². The number of hydrogen-bond acceptors (Lipinski definition) is 6. The molecule has 1 aromatic carbocycles. The molecular formula is C22H25NO4S. The maximum atomic E-state index is 11.3. The molecule has 1 unspecified atom stereocenters. The first-order valence-corrected chi connectivity index (χ1v) is 10.1. The Morgan fingerprint density at radius 3 is 2.61 bits per heavy atom. The van der Waals surface area contributed by atoms with Crippen LogP contribution < -0.4 is 4.74 Å². The Labute approximate surface area is 169 Å². The van der Waals surface area contributed by atoms with Gasteiger partial charge in [0.1, 0.15) is 24.2 Å². The summed E-state index contributed by atoms with van der Waals surface area (Å²) in [5, 5.41) is 12.6. The van der Waals surface area contributed by atoms with Gasteiger partial charge in [-0.1, -0.05) is 0 Å². The Hall–Kier alpha value is -2.41. The third-order valence-electron chi connectivity index (χ3n) is 4.47. The fourth-order valence-corrected chi connectivity index (χ4v) is 3.85. The fourth-order valence-electron chi connectivity index (χ4n) is 2.91. The number of aryl methyl sites for hydroxylation is 1. The van der Waals surface area contributed by atoms with E-state index in [1.165, 1.54) is 17.4 Å². The number of ether oxygens (including phenoxy) is 1. The summed E-state index contributed by atoms with van der Waals surface area (Å²) in [7, 11) is 0. The van der Waals surface area contributed by atoms with Crippen LogP contribution in [-0.2, 0) is 13.1 Å². The summed E-state index contributed by atoms with van der Waals surface area (Å²) in [5.41, 5.74) is 1.90. The molecule has 0 amide bonds. The average Bonchev–Trinajstić information content (AvgIpc) is 3.32. The first kappa shape index (κ1) is 20.3. The minimum atomic E-state index is -0.650. The van der Waals surface area contributed by atoms with Gasteiger partial charge < -0.3 is 14.3 Å². The molecule has 0 aliphatic heterocycles. The molecule has 0 spiro atoms. The summed E-state index contributed by atoms with van der Waals surface area (Å²) in [6, 6.07) is 12.9. The van der Waals surface area contributed by atoms with E-state index in [-0.39, 0.29) is 12.4 Å². The molecule has 3 aromatic rings. The van der Waals surface area contributed by atoms with Crippen molar-refractivity contribution in [2.45, 2.75) is 33.0 Å². The molecule has 3 rings (SSSR count). The van der Waals surface area contributed by atoms with Crippen molar-refractivity contribution >= 4 is 17.1 Å². The van der Waals surface area contributed by atoms with Crippen molar-refractivity contribution in [1.29, 1.82) is 0 Å². The van der Waals surface area contributed by atoms with E-state index in [9.17, 15) is 9.90 Å². The number of carbonyl (C=O) groups is 1. The number of aliphatic hydroxyl groups excluding tert-OH is 1. The van der Waals surface area contributed by atoms with Gasteiger partial charge in [-0.25, -0.2) is 0 Å². The number of aliphatic hydroxyl groups is 1. The third kappa shape index (κ3) is 5.79. The highest BCUT2D eigenvalue weighted by atomic mass is 32.1.